The van der Waals surface area contributed by atoms with Crippen molar-refractivity contribution in [3.05, 3.63) is 0 Å². The van der Waals surface area contributed by atoms with Gasteiger partial charge in [0.25, 0.3) is 0 Å². The van der Waals surface area contributed by atoms with E-state index in [9.17, 15) is 9.59 Å². The van der Waals surface area contributed by atoms with E-state index in [0.29, 0.717) is 19.8 Å². The lowest BCUT2D eigenvalue weighted by Crippen LogP contribution is -2.42. The predicted molar refractivity (Wildman–Crippen MR) is 63.2 cm³/mol. The van der Waals surface area contributed by atoms with Gasteiger partial charge in [0.05, 0.1) is 19.1 Å². The molecule has 6 heteroatoms. The van der Waals surface area contributed by atoms with Crippen LogP contribution in [0.4, 0.5) is 0 Å². The number of hydrogen-bond donors (Lipinski definition) is 3. The summed E-state index contributed by atoms with van der Waals surface area (Å²) in [4.78, 5) is 23.0. The minimum Gasteiger partial charge on any atom is -0.379 e. The molecule has 17 heavy (non-hydrogen) atoms. The highest BCUT2D eigenvalue weighted by Gasteiger charge is 2.30. The van der Waals surface area contributed by atoms with Gasteiger partial charge in [0.15, 0.2) is 0 Å². The number of amides is 2. The fourth-order valence-electron chi connectivity index (χ4n) is 1.67. The van der Waals surface area contributed by atoms with Crippen LogP contribution in [0.5, 0.6) is 0 Å². The summed E-state index contributed by atoms with van der Waals surface area (Å²) in [7, 11) is 0. The number of nitrogens with two attached hydrogens (primary N) is 1. The largest absolute Gasteiger partial charge is 0.379 e. The zero-order valence-corrected chi connectivity index (χ0v) is 10.4. The smallest absolute Gasteiger partial charge is 0.227 e. The number of ether oxygens (including phenoxy) is 1. The molecule has 0 saturated carbocycles. The standard InChI is InChI=1S/C11H21N3O3/c1-7(2)14-10(15)3-4-13-11(16)8-5-17-6-9(8)12/h7-9H,3-6,12H2,1-2H3,(H,13,16)(H,14,15). The highest BCUT2D eigenvalue weighted by Crippen LogP contribution is 2.11. The summed E-state index contributed by atoms with van der Waals surface area (Å²) in [6, 6.07) is -0.116. The van der Waals surface area contributed by atoms with Gasteiger partial charge in [-0.05, 0) is 13.8 Å². The number of carbonyl (C=O) groups is 2. The molecule has 0 radical (unpaired) electrons. The van der Waals surface area contributed by atoms with E-state index in [2.05, 4.69) is 10.6 Å². The summed E-state index contributed by atoms with van der Waals surface area (Å²) in [6.07, 6.45) is 0.284. The topological polar surface area (TPSA) is 93.5 Å². The molecule has 1 heterocycles. The lowest BCUT2D eigenvalue weighted by atomic mass is 10.0. The third kappa shape index (κ3) is 4.70. The lowest BCUT2D eigenvalue weighted by Gasteiger charge is -2.13. The average molecular weight is 243 g/mol. The fourth-order valence-corrected chi connectivity index (χ4v) is 1.67. The van der Waals surface area contributed by atoms with Crippen molar-refractivity contribution in [2.75, 3.05) is 19.8 Å². The molecule has 98 valence electrons. The normalized spacial score (nSPS) is 23.8. The van der Waals surface area contributed by atoms with Crippen molar-refractivity contribution in [2.45, 2.75) is 32.4 Å². The van der Waals surface area contributed by atoms with Gasteiger partial charge in [-0.15, -0.1) is 0 Å². The minimum absolute atomic E-state index is 0.0627. The Morgan fingerprint density at radius 1 is 1.41 bits per heavy atom. The van der Waals surface area contributed by atoms with E-state index < -0.39 is 0 Å². The molecule has 2 amide bonds. The third-order valence-corrected chi connectivity index (χ3v) is 2.56. The van der Waals surface area contributed by atoms with Crippen LogP contribution in [0.15, 0.2) is 0 Å². The lowest BCUT2D eigenvalue weighted by molar-refractivity contribution is -0.125. The summed E-state index contributed by atoms with van der Waals surface area (Å²) in [5.74, 6) is -0.484. The van der Waals surface area contributed by atoms with Gasteiger partial charge in [0.1, 0.15) is 0 Å². The molecule has 0 aromatic heterocycles. The molecular weight excluding hydrogens is 222 g/mol. The first-order chi connectivity index (χ1) is 8.00. The molecule has 2 atom stereocenters. The Bertz CT molecular complexity index is 281. The first-order valence-electron chi connectivity index (χ1n) is 5.91. The molecule has 1 aliphatic rings. The monoisotopic (exact) mass is 243 g/mol. The van der Waals surface area contributed by atoms with Crippen molar-refractivity contribution in [1.82, 2.24) is 10.6 Å². The maximum absolute atomic E-state index is 11.7. The molecule has 0 bridgehead atoms. The van der Waals surface area contributed by atoms with Crippen LogP contribution in [0.3, 0.4) is 0 Å². The number of nitrogens with one attached hydrogen (secondary N) is 2. The van der Waals surface area contributed by atoms with E-state index in [4.69, 9.17) is 10.5 Å². The quantitative estimate of drug-likeness (QED) is 0.577. The maximum Gasteiger partial charge on any atom is 0.227 e. The van der Waals surface area contributed by atoms with Crippen molar-refractivity contribution in [1.29, 1.82) is 0 Å². The van der Waals surface area contributed by atoms with Crippen molar-refractivity contribution < 1.29 is 14.3 Å². The van der Waals surface area contributed by atoms with E-state index >= 15 is 0 Å². The second-order valence-electron chi connectivity index (χ2n) is 4.57. The Labute approximate surface area is 101 Å². The van der Waals surface area contributed by atoms with Crippen molar-refractivity contribution in [3.63, 3.8) is 0 Å². The van der Waals surface area contributed by atoms with Crippen molar-refractivity contribution >= 4 is 11.8 Å². The highest BCUT2D eigenvalue weighted by molar-refractivity contribution is 5.81. The molecule has 1 aliphatic heterocycles. The molecular formula is C11H21N3O3. The number of rotatable bonds is 5. The Morgan fingerprint density at radius 3 is 2.65 bits per heavy atom. The van der Waals surface area contributed by atoms with Gasteiger partial charge in [-0.3, -0.25) is 9.59 Å². The molecule has 0 aromatic carbocycles. The molecule has 1 fully saturated rings. The molecule has 0 aliphatic carbocycles. The van der Waals surface area contributed by atoms with Gasteiger partial charge in [0, 0.05) is 25.0 Å². The summed E-state index contributed by atoms with van der Waals surface area (Å²) in [6.45, 7) is 4.91. The highest BCUT2D eigenvalue weighted by atomic mass is 16.5. The Kier molecular flexibility index (Phi) is 5.37. The molecule has 4 N–H and O–H groups in total. The van der Waals surface area contributed by atoms with Gasteiger partial charge in [0.2, 0.25) is 11.8 Å². The van der Waals surface area contributed by atoms with Crippen LogP contribution in [0.1, 0.15) is 20.3 Å². The molecule has 0 aromatic rings. The van der Waals surface area contributed by atoms with E-state index in [1.165, 1.54) is 0 Å². The Morgan fingerprint density at radius 2 is 2.12 bits per heavy atom. The summed E-state index contributed by atoms with van der Waals surface area (Å²) >= 11 is 0. The zero-order chi connectivity index (χ0) is 12.8. The number of carbonyl (C=O) groups excluding carboxylic acids is 2. The summed E-state index contributed by atoms with van der Waals surface area (Å²) in [5, 5.41) is 5.45. The van der Waals surface area contributed by atoms with Gasteiger partial charge in [-0.1, -0.05) is 0 Å². The van der Waals surface area contributed by atoms with Gasteiger partial charge in [-0.25, -0.2) is 0 Å². The van der Waals surface area contributed by atoms with Crippen LogP contribution in [-0.2, 0) is 14.3 Å². The van der Waals surface area contributed by atoms with Crippen LogP contribution in [0.25, 0.3) is 0 Å². The van der Waals surface area contributed by atoms with Crippen LogP contribution >= 0.6 is 0 Å². The van der Waals surface area contributed by atoms with Crippen LogP contribution < -0.4 is 16.4 Å². The SMILES string of the molecule is CC(C)NC(=O)CCNC(=O)C1COCC1N. The van der Waals surface area contributed by atoms with Crippen molar-refractivity contribution in [2.24, 2.45) is 11.7 Å². The minimum atomic E-state index is -0.289. The fraction of sp³-hybridized carbons (Fsp3) is 0.818. The van der Waals surface area contributed by atoms with E-state index in [1.807, 2.05) is 13.8 Å². The van der Waals surface area contributed by atoms with Gasteiger partial charge < -0.3 is 21.1 Å². The van der Waals surface area contributed by atoms with E-state index in [1.54, 1.807) is 0 Å². The first-order valence-corrected chi connectivity index (χ1v) is 5.91. The third-order valence-electron chi connectivity index (χ3n) is 2.56. The molecule has 1 saturated heterocycles. The van der Waals surface area contributed by atoms with Crippen LogP contribution in [0, 0.1) is 5.92 Å². The summed E-state index contributed by atoms with van der Waals surface area (Å²) < 4.78 is 5.11. The Hall–Kier alpha value is -1.14. The number of hydrogen-bond acceptors (Lipinski definition) is 4. The predicted octanol–water partition coefficient (Wildman–Crippen LogP) is -1.01. The van der Waals surface area contributed by atoms with E-state index in [0.717, 1.165) is 0 Å². The molecule has 0 spiro atoms. The summed E-state index contributed by atoms with van der Waals surface area (Å²) in [5.41, 5.74) is 5.71. The second-order valence-corrected chi connectivity index (χ2v) is 4.57. The van der Waals surface area contributed by atoms with Gasteiger partial charge >= 0.3 is 0 Å². The van der Waals surface area contributed by atoms with Gasteiger partial charge in [-0.2, -0.15) is 0 Å². The maximum atomic E-state index is 11.7. The van der Waals surface area contributed by atoms with Crippen LogP contribution in [0.2, 0.25) is 0 Å². The van der Waals surface area contributed by atoms with Crippen LogP contribution in [-0.4, -0.2) is 43.7 Å². The first kappa shape index (κ1) is 13.9. The average Bonchev–Trinajstić information content (AvgIpc) is 2.63. The Balaban J connectivity index is 2.18. The zero-order valence-electron chi connectivity index (χ0n) is 10.4. The van der Waals surface area contributed by atoms with E-state index in [-0.39, 0.29) is 36.2 Å². The molecule has 6 nitrogen and oxygen atoms in total. The molecule has 1 rings (SSSR count). The molecule has 2 unspecified atom stereocenters. The van der Waals surface area contributed by atoms with Crippen molar-refractivity contribution in [3.8, 4) is 0 Å². The second kappa shape index (κ2) is 6.56.